The summed E-state index contributed by atoms with van der Waals surface area (Å²) in [6.07, 6.45) is 7.84. The third-order valence-electron chi connectivity index (χ3n) is 10.8. The number of ether oxygens (including phenoxy) is 4. The molecule has 7 rings (SSSR count). The van der Waals surface area contributed by atoms with Crippen molar-refractivity contribution in [1.82, 2.24) is 10.0 Å². The molecular weight excluding hydrogens is 670 g/mol. The number of carbonyl (C=O) groups is 2. The molecule has 2 aromatic rings. The van der Waals surface area contributed by atoms with Gasteiger partial charge in [-0.25, -0.2) is 17.9 Å². The van der Waals surface area contributed by atoms with E-state index in [1.165, 1.54) is 31.0 Å². The molecule has 5 atom stereocenters. The first-order valence-electron chi connectivity index (χ1n) is 17.2. The second-order valence-electron chi connectivity index (χ2n) is 14.5. The maximum absolute atomic E-state index is 13.6. The van der Waals surface area contributed by atoms with Crippen molar-refractivity contribution in [2.24, 2.45) is 11.8 Å². The van der Waals surface area contributed by atoms with Crippen LogP contribution in [0.2, 0.25) is 5.02 Å². The van der Waals surface area contributed by atoms with E-state index in [0.717, 1.165) is 38.5 Å². The van der Waals surface area contributed by atoms with Crippen molar-refractivity contribution >= 4 is 39.3 Å². The predicted octanol–water partition coefficient (Wildman–Crippen LogP) is 4.89. The molecule has 3 aliphatic heterocycles. The van der Waals surface area contributed by atoms with Gasteiger partial charge < -0.3 is 29.2 Å². The van der Waals surface area contributed by atoms with Gasteiger partial charge in [-0.1, -0.05) is 23.7 Å². The second kappa shape index (κ2) is 13.4. The number of nitrogens with one attached hydrogen (secondary N) is 2. The maximum atomic E-state index is 13.6. The Morgan fingerprint density at radius 2 is 2.00 bits per heavy atom. The van der Waals surface area contributed by atoms with Crippen molar-refractivity contribution in [2.45, 2.75) is 80.4 Å². The second-order valence-corrected chi connectivity index (χ2v) is 16.6. The minimum absolute atomic E-state index is 0.0129. The van der Waals surface area contributed by atoms with Gasteiger partial charge in [-0.2, -0.15) is 0 Å². The smallest absolute Gasteiger partial charge is 0.408 e. The molecule has 2 fully saturated rings. The van der Waals surface area contributed by atoms with Crippen molar-refractivity contribution in [1.29, 1.82) is 0 Å². The molecule has 13 heteroatoms. The number of carbonyl (C=O) groups excluding carboxylic acids is 2. The quantitative estimate of drug-likeness (QED) is 0.418. The zero-order valence-electron chi connectivity index (χ0n) is 27.9. The lowest BCUT2D eigenvalue weighted by molar-refractivity contribution is -0.139. The Morgan fingerprint density at radius 1 is 1.14 bits per heavy atom. The Bertz CT molecular complexity index is 1740. The third kappa shape index (κ3) is 7.02. The molecule has 0 unspecified atom stereocenters. The highest BCUT2D eigenvalue weighted by Crippen LogP contribution is 2.47. The minimum Gasteiger partial charge on any atom is -0.490 e. The molecule has 2 aromatic carbocycles. The summed E-state index contributed by atoms with van der Waals surface area (Å²) in [4.78, 5) is 28.5. The van der Waals surface area contributed by atoms with Crippen LogP contribution in [0.4, 0.5) is 10.5 Å². The molecule has 2 aliphatic carbocycles. The lowest BCUT2D eigenvalue weighted by atomic mass is 9.68. The van der Waals surface area contributed by atoms with E-state index in [2.05, 4.69) is 21.0 Å². The number of hydrogen-bond acceptors (Lipinski definition) is 9. The molecule has 5 aliphatic rings. The number of aryl methyl sites for hydroxylation is 1. The lowest BCUT2D eigenvalue weighted by Gasteiger charge is -2.46. The summed E-state index contributed by atoms with van der Waals surface area (Å²) in [5.74, 6) is -0.0648. The Kier molecular flexibility index (Phi) is 9.36. The molecule has 49 heavy (non-hydrogen) atoms. The normalized spacial score (nSPS) is 31.2. The van der Waals surface area contributed by atoms with Gasteiger partial charge >= 0.3 is 6.09 Å². The molecule has 0 aromatic heterocycles. The van der Waals surface area contributed by atoms with Gasteiger partial charge in [-0.15, -0.1) is 0 Å². The molecule has 264 valence electrons. The molecule has 1 saturated heterocycles. The van der Waals surface area contributed by atoms with E-state index in [0.29, 0.717) is 49.4 Å². The van der Waals surface area contributed by atoms with Crippen molar-refractivity contribution in [2.75, 3.05) is 44.4 Å². The molecule has 0 radical (unpaired) electrons. The average molecular weight is 714 g/mol. The first kappa shape index (κ1) is 34.1. The summed E-state index contributed by atoms with van der Waals surface area (Å²) in [7, 11) is -4.24. The van der Waals surface area contributed by atoms with Crippen LogP contribution < -0.4 is 19.7 Å². The number of fused-ring (bicyclic) bond motifs is 4. The molecule has 2 amide bonds. The molecule has 3 heterocycles. The van der Waals surface area contributed by atoms with Crippen LogP contribution in [-0.4, -0.2) is 77.7 Å². The van der Waals surface area contributed by atoms with Crippen molar-refractivity contribution in [3.8, 4) is 5.75 Å². The Balaban J connectivity index is 1.26. The monoisotopic (exact) mass is 713 g/mol. The van der Waals surface area contributed by atoms with E-state index >= 15 is 0 Å². The van der Waals surface area contributed by atoms with Crippen molar-refractivity contribution < 1.29 is 37.0 Å². The van der Waals surface area contributed by atoms with Crippen LogP contribution in [0.25, 0.3) is 0 Å². The zero-order chi connectivity index (χ0) is 34.4. The Labute approximate surface area is 292 Å². The number of halogens is 1. The zero-order valence-corrected chi connectivity index (χ0v) is 29.5. The number of amides is 2. The van der Waals surface area contributed by atoms with Gasteiger partial charge in [0.15, 0.2) is 0 Å². The minimum atomic E-state index is -4.24. The first-order valence-corrected chi connectivity index (χ1v) is 19.0. The summed E-state index contributed by atoms with van der Waals surface area (Å²) < 4.78 is 53.3. The summed E-state index contributed by atoms with van der Waals surface area (Å²) >= 11 is 6.43. The van der Waals surface area contributed by atoms with Gasteiger partial charge in [-0.05, 0) is 106 Å². The summed E-state index contributed by atoms with van der Waals surface area (Å²) in [6.45, 7) is 5.72. The first-order chi connectivity index (χ1) is 23.4. The van der Waals surface area contributed by atoms with Crippen LogP contribution in [0, 0.1) is 11.8 Å². The predicted molar refractivity (Wildman–Crippen MR) is 184 cm³/mol. The van der Waals surface area contributed by atoms with Crippen LogP contribution in [0.1, 0.15) is 57.1 Å². The van der Waals surface area contributed by atoms with Crippen molar-refractivity contribution in [3.05, 3.63) is 64.7 Å². The molecule has 2 N–H and O–H groups in total. The number of nitrogens with zero attached hydrogens (tertiary/aromatic N) is 1. The number of hydrogen-bond donors (Lipinski definition) is 2. The van der Waals surface area contributed by atoms with Gasteiger partial charge in [0.1, 0.15) is 17.5 Å². The highest BCUT2D eigenvalue weighted by atomic mass is 35.5. The van der Waals surface area contributed by atoms with Gasteiger partial charge in [0.2, 0.25) is 0 Å². The van der Waals surface area contributed by atoms with Crippen LogP contribution in [0.5, 0.6) is 5.75 Å². The van der Waals surface area contributed by atoms with Crippen molar-refractivity contribution in [3.63, 3.8) is 0 Å². The molecule has 2 bridgehead atoms. The van der Waals surface area contributed by atoms with Gasteiger partial charge in [0.25, 0.3) is 15.9 Å². The van der Waals surface area contributed by atoms with Gasteiger partial charge in [-0.3, -0.25) is 4.79 Å². The maximum Gasteiger partial charge on any atom is 0.408 e. The number of benzene rings is 2. The Hall–Kier alpha value is -3.32. The van der Waals surface area contributed by atoms with E-state index in [4.69, 9.17) is 30.5 Å². The van der Waals surface area contributed by atoms with Gasteiger partial charge in [0.05, 0.1) is 36.4 Å². The summed E-state index contributed by atoms with van der Waals surface area (Å²) in [6, 6.07) is 10.7. The Morgan fingerprint density at radius 3 is 2.78 bits per heavy atom. The molecule has 1 saturated carbocycles. The molecule has 1 spiro atoms. The number of rotatable bonds is 2. The van der Waals surface area contributed by atoms with Gasteiger partial charge in [0, 0.05) is 36.1 Å². The molecule has 11 nitrogen and oxygen atoms in total. The summed E-state index contributed by atoms with van der Waals surface area (Å²) in [5, 5.41) is 3.63. The van der Waals surface area contributed by atoms with Crippen LogP contribution in [0.3, 0.4) is 0 Å². The molecular formula is C36H44ClN3O8S. The largest absolute Gasteiger partial charge is 0.490 e. The topological polar surface area (TPSA) is 132 Å². The third-order valence-corrected chi connectivity index (χ3v) is 12.4. The van der Waals surface area contributed by atoms with E-state index < -0.39 is 33.7 Å². The number of alkyl carbamates (subject to hydrolysis) is 1. The summed E-state index contributed by atoms with van der Waals surface area (Å²) in [5.41, 5.74) is 1.23. The fourth-order valence-electron chi connectivity index (χ4n) is 7.86. The number of anilines is 1. The van der Waals surface area contributed by atoms with E-state index in [-0.39, 0.29) is 34.8 Å². The highest BCUT2D eigenvalue weighted by molar-refractivity contribution is 7.90. The van der Waals surface area contributed by atoms with Crippen LogP contribution in [-0.2, 0) is 40.9 Å². The fourth-order valence-corrected chi connectivity index (χ4v) is 9.17. The fraction of sp³-hybridized carbons (Fsp3) is 0.556. The van der Waals surface area contributed by atoms with Crippen LogP contribution in [0.15, 0.2) is 53.4 Å². The number of sulfonamides is 1. The average Bonchev–Trinajstić information content (AvgIpc) is 3.50. The van der Waals surface area contributed by atoms with Crippen LogP contribution >= 0.6 is 11.6 Å². The SMILES string of the molecule is CC1(C)OC/C=C/[C@H](OC(=O)N[C@H]2CCOC2)[C@@H]2CC[C@H]2CN2C[C@@]3(CCCc4cc(Cl)ccc43)COc3ccc(cc32)S(=O)(=O)NC1=O. The van der Waals surface area contributed by atoms with E-state index in [1.54, 1.807) is 18.2 Å². The lowest BCUT2D eigenvalue weighted by Crippen LogP contribution is -2.50. The van der Waals surface area contributed by atoms with E-state index in [1.807, 2.05) is 18.2 Å². The standard InChI is InChI=1S/C36H44ClN3O8S/c1-35(2)33(41)39-49(43,44)27-9-12-32-30(18-27)40(21-36(22-46-32)14-3-5-23-17-25(37)8-11-29(23)36)19-24-7-10-28(24)31(6-4-15-47-35)48-34(42)38-26-13-16-45-20-26/h4,6,8-9,11-12,17-18,24,26,28,31H,3,5,7,10,13-16,19-22H2,1-2H3,(H,38,42)(H,39,41)/b6-4+/t24-,26-,28+,31-,36-/m0/s1. The highest BCUT2D eigenvalue weighted by Gasteiger charge is 2.45. The van der Waals surface area contributed by atoms with E-state index in [9.17, 15) is 18.0 Å².